The monoisotopic (exact) mass is 351 g/mol. The van der Waals surface area contributed by atoms with Gasteiger partial charge in [-0.15, -0.1) is 0 Å². The van der Waals surface area contributed by atoms with Crippen LogP contribution in [-0.4, -0.2) is 6.61 Å². The number of anilines is 1. The molecule has 1 N–H and O–H groups in total. The third-order valence-corrected chi connectivity index (χ3v) is 3.94. The third kappa shape index (κ3) is 3.97. The average Bonchev–Trinajstić information content (AvgIpc) is 2.46. The second-order valence-electron chi connectivity index (χ2n) is 4.95. The lowest BCUT2D eigenvalue weighted by molar-refractivity contribution is 0.340. The Morgan fingerprint density at radius 2 is 1.90 bits per heavy atom. The zero-order chi connectivity index (χ0) is 15.4. The number of hydrogen-bond donors (Lipinski definition) is 1. The number of halogens is 2. The third-order valence-electron chi connectivity index (χ3n) is 3.33. The number of aryl methyl sites for hydroxylation is 1. The highest BCUT2D eigenvalue weighted by Crippen LogP contribution is 2.27. The lowest BCUT2D eigenvalue weighted by Gasteiger charge is -2.18. The fourth-order valence-corrected chi connectivity index (χ4v) is 2.60. The molecule has 0 fully saturated rings. The number of benzene rings is 2. The predicted molar refractivity (Wildman–Crippen MR) is 88.5 cm³/mol. The Morgan fingerprint density at radius 3 is 2.52 bits per heavy atom. The Hall–Kier alpha value is -1.55. The van der Waals surface area contributed by atoms with Gasteiger partial charge in [0.1, 0.15) is 11.6 Å². The SMILES string of the molecule is CCOc1ccc(C(C)Nc2cc(F)c(Br)cc2C)cc1. The standard InChI is InChI=1S/C17H19BrFNO/c1-4-21-14-7-5-13(6-8-14)12(3)20-17-10-16(19)15(18)9-11(17)2/h5-10,12,20H,4H2,1-3H3. The van der Waals surface area contributed by atoms with E-state index in [9.17, 15) is 4.39 Å². The Balaban J connectivity index is 2.14. The summed E-state index contributed by atoms with van der Waals surface area (Å²) in [7, 11) is 0. The summed E-state index contributed by atoms with van der Waals surface area (Å²) < 4.78 is 19.6. The van der Waals surface area contributed by atoms with Gasteiger partial charge in [-0.25, -0.2) is 4.39 Å². The van der Waals surface area contributed by atoms with Crippen molar-refractivity contribution in [3.63, 3.8) is 0 Å². The lowest BCUT2D eigenvalue weighted by atomic mass is 10.1. The van der Waals surface area contributed by atoms with E-state index in [0.29, 0.717) is 11.1 Å². The molecule has 2 rings (SSSR count). The Bertz CT molecular complexity index is 613. The van der Waals surface area contributed by atoms with Crippen LogP contribution in [0, 0.1) is 12.7 Å². The molecule has 0 aliphatic carbocycles. The van der Waals surface area contributed by atoms with Gasteiger partial charge < -0.3 is 10.1 Å². The van der Waals surface area contributed by atoms with E-state index >= 15 is 0 Å². The molecule has 0 aliphatic rings. The highest BCUT2D eigenvalue weighted by Gasteiger charge is 2.10. The molecule has 21 heavy (non-hydrogen) atoms. The van der Waals surface area contributed by atoms with Crippen LogP contribution in [0.25, 0.3) is 0 Å². The summed E-state index contributed by atoms with van der Waals surface area (Å²) in [4.78, 5) is 0. The molecule has 2 aromatic rings. The number of nitrogens with one attached hydrogen (secondary N) is 1. The smallest absolute Gasteiger partial charge is 0.139 e. The van der Waals surface area contributed by atoms with Crippen LogP contribution in [0.3, 0.4) is 0 Å². The van der Waals surface area contributed by atoms with Gasteiger partial charge >= 0.3 is 0 Å². The van der Waals surface area contributed by atoms with Crippen molar-refractivity contribution in [1.29, 1.82) is 0 Å². The molecule has 4 heteroatoms. The zero-order valence-electron chi connectivity index (χ0n) is 12.4. The van der Waals surface area contributed by atoms with Crippen molar-refractivity contribution >= 4 is 21.6 Å². The Morgan fingerprint density at radius 1 is 1.24 bits per heavy atom. The molecule has 0 heterocycles. The second-order valence-corrected chi connectivity index (χ2v) is 5.80. The lowest BCUT2D eigenvalue weighted by Crippen LogP contribution is -2.08. The molecule has 0 spiro atoms. The van der Waals surface area contributed by atoms with Crippen LogP contribution in [0.5, 0.6) is 5.75 Å². The number of ether oxygens (including phenoxy) is 1. The molecule has 0 amide bonds. The highest BCUT2D eigenvalue weighted by molar-refractivity contribution is 9.10. The van der Waals surface area contributed by atoms with E-state index < -0.39 is 0 Å². The first kappa shape index (κ1) is 15.8. The summed E-state index contributed by atoms with van der Waals surface area (Å²) in [6.07, 6.45) is 0. The fraction of sp³-hybridized carbons (Fsp3) is 0.294. The first-order chi connectivity index (χ1) is 10.0. The highest BCUT2D eigenvalue weighted by atomic mass is 79.9. The number of hydrogen-bond acceptors (Lipinski definition) is 2. The van der Waals surface area contributed by atoms with Crippen molar-refractivity contribution in [2.75, 3.05) is 11.9 Å². The van der Waals surface area contributed by atoms with Crippen LogP contribution in [0.4, 0.5) is 10.1 Å². The predicted octanol–water partition coefficient (Wildman–Crippen LogP) is 5.47. The van der Waals surface area contributed by atoms with Gasteiger partial charge in [0.05, 0.1) is 11.1 Å². The maximum atomic E-state index is 13.6. The molecule has 0 radical (unpaired) electrons. The van der Waals surface area contributed by atoms with Gasteiger partial charge in [-0.2, -0.15) is 0 Å². The van der Waals surface area contributed by atoms with Gasteiger partial charge in [-0.05, 0) is 72.1 Å². The Labute approximate surface area is 133 Å². The van der Waals surface area contributed by atoms with Gasteiger partial charge in [0, 0.05) is 11.7 Å². The minimum Gasteiger partial charge on any atom is -0.494 e. The molecule has 1 atom stereocenters. The Kier molecular flexibility index (Phi) is 5.23. The molecule has 2 aromatic carbocycles. The van der Waals surface area contributed by atoms with Crippen molar-refractivity contribution in [1.82, 2.24) is 0 Å². The van der Waals surface area contributed by atoms with Crippen LogP contribution < -0.4 is 10.1 Å². The minimum absolute atomic E-state index is 0.0833. The molecular weight excluding hydrogens is 333 g/mol. The largest absolute Gasteiger partial charge is 0.494 e. The molecule has 0 aromatic heterocycles. The second kappa shape index (κ2) is 6.94. The summed E-state index contributed by atoms with van der Waals surface area (Å²) in [6.45, 7) is 6.62. The van der Waals surface area contributed by atoms with Crippen molar-refractivity contribution < 1.29 is 9.13 Å². The summed E-state index contributed by atoms with van der Waals surface area (Å²) in [5, 5.41) is 3.34. The fourth-order valence-electron chi connectivity index (χ4n) is 2.14. The van der Waals surface area contributed by atoms with Crippen molar-refractivity contribution in [2.24, 2.45) is 0 Å². The van der Waals surface area contributed by atoms with Crippen molar-refractivity contribution in [3.05, 3.63) is 57.8 Å². The van der Waals surface area contributed by atoms with Crippen LogP contribution in [0.2, 0.25) is 0 Å². The van der Waals surface area contributed by atoms with E-state index in [-0.39, 0.29) is 11.9 Å². The normalized spacial score (nSPS) is 12.0. The molecular formula is C17H19BrFNO. The maximum absolute atomic E-state index is 13.6. The van der Waals surface area contributed by atoms with Crippen LogP contribution in [0.15, 0.2) is 40.9 Å². The van der Waals surface area contributed by atoms with Crippen LogP contribution in [0.1, 0.15) is 31.0 Å². The first-order valence-corrected chi connectivity index (χ1v) is 7.75. The maximum Gasteiger partial charge on any atom is 0.139 e. The van der Waals surface area contributed by atoms with E-state index in [1.165, 1.54) is 6.07 Å². The summed E-state index contributed by atoms with van der Waals surface area (Å²) in [6, 6.07) is 11.3. The van der Waals surface area contributed by atoms with Crippen LogP contribution >= 0.6 is 15.9 Å². The van der Waals surface area contributed by atoms with Crippen LogP contribution in [-0.2, 0) is 0 Å². The van der Waals surface area contributed by atoms with E-state index in [2.05, 4.69) is 28.2 Å². The summed E-state index contributed by atoms with van der Waals surface area (Å²) >= 11 is 3.20. The average molecular weight is 352 g/mol. The molecule has 0 saturated carbocycles. The molecule has 2 nitrogen and oxygen atoms in total. The first-order valence-electron chi connectivity index (χ1n) is 6.96. The molecule has 1 unspecified atom stereocenters. The van der Waals surface area contributed by atoms with Crippen molar-refractivity contribution in [3.8, 4) is 5.75 Å². The van der Waals surface area contributed by atoms with Gasteiger partial charge in [-0.1, -0.05) is 12.1 Å². The van der Waals surface area contributed by atoms with Gasteiger partial charge in [0.15, 0.2) is 0 Å². The quantitative estimate of drug-likeness (QED) is 0.771. The van der Waals surface area contributed by atoms with E-state index in [0.717, 1.165) is 22.6 Å². The van der Waals surface area contributed by atoms with Gasteiger partial charge in [-0.3, -0.25) is 0 Å². The van der Waals surface area contributed by atoms with Gasteiger partial charge in [0.2, 0.25) is 0 Å². The molecule has 0 bridgehead atoms. The number of rotatable bonds is 5. The topological polar surface area (TPSA) is 21.3 Å². The van der Waals surface area contributed by atoms with E-state index in [1.54, 1.807) is 6.07 Å². The summed E-state index contributed by atoms with van der Waals surface area (Å²) in [5.74, 6) is 0.598. The van der Waals surface area contributed by atoms with Crippen molar-refractivity contribution in [2.45, 2.75) is 26.8 Å². The van der Waals surface area contributed by atoms with E-state index in [1.807, 2.05) is 38.1 Å². The molecule has 0 aliphatic heterocycles. The zero-order valence-corrected chi connectivity index (χ0v) is 14.0. The van der Waals surface area contributed by atoms with E-state index in [4.69, 9.17) is 4.74 Å². The molecule has 112 valence electrons. The molecule has 0 saturated heterocycles. The summed E-state index contributed by atoms with van der Waals surface area (Å²) in [5.41, 5.74) is 2.93. The van der Waals surface area contributed by atoms with Gasteiger partial charge in [0.25, 0.3) is 0 Å². The minimum atomic E-state index is -0.262.